The average molecular weight is 385 g/mol. The standard InChI is InChI=1S/C20H24N3OPS/c1-13(10-21-14(2)16-5-6-16)9-17-11-22-20(23-19(17)24)26-12-15-3-7-18(25)8-4-15/h3-4,7-8,10-11,16H,5-6,9,12,25H2,1-2H3,(H,22,23,24)/b13-10+,21-14?. The van der Waals surface area contributed by atoms with Crippen LogP contribution in [0, 0.1) is 5.92 Å². The normalized spacial score (nSPS) is 15.3. The van der Waals surface area contributed by atoms with Crippen molar-refractivity contribution in [3.8, 4) is 0 Å². The molecule has 0 radical (unpaired) electrons. The van der Waals surface area contributed by atoms with Gasteiger partial charge in [0.25, 0.3) is 5.56 Å². The number of allylic oxidation sites excluding steroid dienone is 1. The zero-order valence-electron chi connectivity index (χ0n) is 15.2. The van der Waals surface area contributed by atoms with Crippen LogP contribution in [-0.2, 0) is 12.2 Å². The maximum Gasteiger partial charge on any atom is 0.255 e. The molecule has 26 heavy (non-hydrogen) atoms. The Hall–Kier alpha value is -1.71. The molecule has 1 aromatic carbocycles. The number of nitrogens with zero attached hydrogens (tertiary/aromatic N) is 2. The number of benzene rings is 1. The minimum atomic E-state index is -0.0709. The van der Waals surface area contributed by atoms with Gasteiger partial charge in [0.1, 0.15) is 0 Å². The molecule has 0 spiro atoms. The molecule has 1 aromatic heterocycles. The highest BCUT2D eigenvalue weighted by Crippen LogP contribution is 2.30. The lowest BCUT2D eigenvalue weighted by Crippen LogP contribution is -2.14. The quantitative estimate of drug-likeness (QED) is 0.341. The van der Waals surface area contributed by atoms with Crippen molar-refractivity contribution in [3.63, 3.8) is 0 Å². The first-order valence-corrected chi connectivity index (χ1v) is 10.3. The Labute approximate surface area is 160 Å². The molecule has 1 heterocycles. The van der Waals surface area contributed by atoms with Crippen LogP contribution < -0.4 is 10.9 Å². The van der Waals surface area contributed by atoms with Gasteiger partial charge in [0, 0.05) is 35.8 Å². The van der Waals surface area contributed by atoms with Crippen LogP contribution in [0.5, 0.6) is 0 Å². The number of hydrogen-bond acceptors (Lipinski definition) is 4. The largest absolute Gasteiger partial charge is 0.301 e. The van der Waals surface area contributed by atoms with Gasteiger partial charge in [-0.05, 0) is 43.5 Å². The van der Waals surface area contributed by atoms with Gasteiger partial charge in [-0.2, -0.15) is 0 Å². The number of aromatic amines is 1. The van der Waals surface area contributed by atoms with E-state index in [0.29, 0.717) is 23.1 Å². The third-order valence-corrected chi connectivity index (χ3v) is 5.67. The molecule has 4 nitrogen and oxygen atoms in total. The monoisotopic (exact) mass is 385 g/mol. The summed E-state index contributed by atoms with van der Waals surface area (Å²) in [5.41, 5.74) is 4.07. The number of rotatable bonds is 7. The fourth-order valence-electron chi connectivity index (χ4n) is 2.53. The molecular weight excluding hydrogens is 361 g/mol. The fourth-order valence-corrected chi connectivity index (χ4v) is 3.51. The topological polar surface area (TPSA) is 58.1 Å². The molecule has 136 valence electrons. The van der Waals surface area contributed by atoms with E-state index in [1.807, 2.05) is 13.1 Å². The lowest BCUT2D eigenvalue weighted by Gasteiger charge is -2.04. The maximum absolute atomic E-state index is 12.3. The van der Waals surface area contributed by atoms with Crippen LogP contribution in [0.2, 0.25) is 0 Å². The summed E-state index contributed by atoms with van der Waals surface area (Å²) in [5.74, 6) is 1.45. The molecule has 2 aromatic rings. The highest BCUT2D eigenvalue weighted by molar-refractivity contribution is 7.98. The molecular formula is C20H24N3OPS. The number of aliphatic imine (C=N–C) groups is 1. The summed E-state index contributed by atoms with van der Waals surface area (Å²) in [6.07, 6.45) is 6.65. The summed E-state index contributed by atoms with van der Waals surface area (Å²) in [6, 6.07) is 8.28. The van der Waals surface area contributed by atoms with Gasteiger partial charge in [0.05, 0.1) is 0 Å². The highest BCUT2D eigenvalue weighted by atomic mass is 32.2. The van der Waals surface area contributed by atoms with Crippen molar-refractivity contribution in [1.82, 2.24) is 9.97 Å². The van der Waals surface area contributed by atoms with Crippen LogP contribution in [0.1, 0.15) is 37.8 Å². The highest BCUT2D eigenvalue weighted by Gasteiger charge is 2.23. The van der Waals surface area contributed by atoms with Crippen molar-refractivity contribution < 1.29 is 0 Å². The first kappa shape index (κ1) is 19.1. The average Bonchev–Trinajstić information content (AvgIpc) is 3.46. The SMILES string of the molecule is CC(=N/C=C(\C)Cc1cnc(SCc2ccc(P)cc2)[nH]c1=O)C1CC1. The molecule has 1 aliphatic rings. The predicted octanol–water partition coefficient (Wildman–Crippen LogP) is 3.88. The summed E-state index contributed by atoms with van der Waals surface area (Å²) >= 11 is 1.54. The molecule has 1 saturated carbocycles. The van der Waals surface area contributed by atoms with E-state index in [0.717, 1.165) is 16.6 Å². The Morgan fingerprint density at radius 2 is 2.08 bits per heavy atom. The molecule has 0 amide bonds. The number of H-pyrrole nitrogens is 1. The van der Waals surface area contributed by atoms with Gasteiger partial charge in [0.2, 0.25) is 0 Å². The van der Waals surface area contributed by atoms with Gasteiger partial charge in [-0.25, -0.2) is 4.98 Å². The minimum Gasteiger partial charge on any atom is -0.301 e. The zero-order chi connectivity index (χ0) is 18.5. The van der Waals surface area contributed by atoms with Gasteiger partial charge >= 0.3 is 0 Å². The van der Waals surface area contributed by atoms with Crippen molar-refractivity contribution in [2.75, 3.05) is 0 Å². The third-order valence-electron chi connectivity index (χ3n) is 4.33. The molecule has 0 aliphatic heterocycles. The number of aromatic nitrogens is 2. The Balaban J connectivity index is 1.60. The van der Waals surface area contributed by atoms with Crippen molar-refractivity contribution in [1.29, 1.82) is 0 Å². The zero-order valence-corrected chi connectivity index (χ0v) is 17.1. The summed E-state index contributed by atoms with van der Waals surface area (Å²) in [6.45, 7) is 4.08. The van der Waals surface area contributed by atoms with Crippen molar-refractivity contribution in [3.05, 3.63) is 63.7 Å². The number of hydrogen-bond donors (Lipinski definition) is 1. The number of nitrogens with one attached hydrogen (secondary N) is 1. The Morgan fingerprint density at radius 3 is 2.73 bits per heavy atom. The number of thioether (sulfide) groups is 1. The Bertz CT molecular complexity index is 883. The van der Waals surface area contributed by atoms with E-state index in [1.54, 1.807) is 6.20 Å². The summed E-state index contributed by atoms with van der Waals surface area (Å²) in [7, 11) is 2.68. The smallest absolute Gasteiger partial charge is 0.255 e. The van der Waals surface area contributed by atoms with Crippen LogP contribution >= 0.6 is 21.0 Å². The molecule has 3 rings (SSSR count). The van der Waals surface area contributed by atoms with Gasteiger partial charge in [0.15, 0.2) is 5.16 Å². The van der Waals surface area contributed by atoms with E-state index >= 15 is 0 Å². The second-order valence-corrected chi connectivity index (χ2v) is 8.40. The van der Waals surface area contributed by atoms with Crippen molar-refractivity contribution >= 4 is 32.0 Å². The maximum atomic E-state index is 12.3. The second kappa shape index (κ2) is 8.79. The molecule has 1 aliphatic carbocycles. The first-order chi connectivity index (χ1) is 12.5. The Kier molecular flexibility index (Phi) is 6.44. The van der Waals surface area contributed by atoms with E-state index in [9.17, 15) is 4.79 Å². The summed E-state index contributed by atoms with van der Waals surface area (Å²) in [5, 5.41) is 1.81. The van der Waals surface area contributed by atoms with Crippen LogP contribution in [0.25, 0.3) is 0 Å². The van der Waals surface area contributed by atoms with E-state index in [2.05, 4.69) is 55.4 Å². The summed E-state index contributed by atoms with van der Waals surface area (Å²) < 4.78 is 0. The fraction of sp³-hybridized carbons (Fsp3) is 0.350. The van der Waals surface area contributed by atoms with Gasteiger partial charge in [-0.15, -0.1) is 9.24 Å². The molecule has 0 bridgehead atoms. The molecule has 6 heteroatoms. The van der Waals surface area contributed by atoms with E-state index in [1.165, 1.54) is 35.9 Å². The molecule has 1 unspecified atom stereocenters. The lowest BCUT2D eigenvalue weighted by molar-refractivity contribution is 0.894. The van der Waals surface area contributed by atoms with Gasteiger partial charge < -0.3 is 4.98 Å². The van der Waals surface area contributed by atoms with E-state index < -0.39 is 0 Å². The predicted molar refractivity (Wildman–Crippen MR) is 113 cm³/mol. The van der Waals surface area contributed by atoms with Crippen molar-refractivity contribution in [2.45, 2.75) is 44.0 Å². The van der Waals surface area contributed by atoms with Crippen LogP contribution in [0.3, 0.4) is 0 Å². The van der Waals surface area contributed by atoms with Gasteiger partial charge in [-0.1, -0.05) is 41.6 Å². The summed E-state index contributed by atoms with van der Waals surface area (Å²) in [4.78, 5) is 24.1. The van der Waals surface area contributed by atoms with Crippen LogP contribution in [0.4, 0.5) is 0 Å². The van der Waals surface area contributed by atoms with Crippen LogP contribution in [-0.4, -0.2) is 15.7 Å². The molecule has 1 N–H and O–H groups in total. The van der Waals surface area contributed by atoms with E-state index in [4.69, 9.17) is 0 Å². The molecule has 1 atom stereocenters. The first-order valence-electron chi connectivity index (χ1n) is 8.76. The van der Waals surface area contributed by atoms with Crippen molar-refractivity contribution in [2.24, 2.45) is 10.9 Å². The van der Waals surface area contributed by atoms with Gasteiger partial charge in [-0.3, -0.25) is 9.79 Å². The lowest BCUT2D eigenvalue weighted by atomic mass is 10.1. The van der Waals surface area contributed by atoms with Crippen LogP contribution in [0.15, 0.2) is 57.2 Å². The second-order valence-electron chi connectivity index (χ2n) is 6.77. The molecule has 0 saturated heterocycles. The third kappa shape index (κ3) is 5.65. The minimum absolute atomic E-state index is 0.0709. The molecule has 1 fully saturated rings. The van der Waals surface area contributed by atoms with E-state index in [-0.39, 0.29) is 5.56 Å². The Morgan fingerprint density at radius 1 is 1.35 bits per heavy atom.